The van der Waals surface area contributed by atoms with E-state index in [2.05, 4.69) is 15.1 Å². The maximum Gasteiger partial charge on any atom is 0.417 e. The molecular formula is C25H17F6N5O2. The Labute approximate surface area is 211 Å². The molecule has 196 valence electrons. The standard InChI is InChI=1S/C25H17F6N5O2/c1-38-20-11-10-14(12-33-20)17(21(32)37)13-36-23(16-7-3-5-9-19(16)25(29,30)31)34-22(35-36)15-6-2-4-8-18(15)24(26,27)28/h2-13H,1H3,(H2,32,37)/b17-13+. The van der Waals surface area contributed by atoms with Crippen LogP contribution in [-0.4, -0.2) is 32.8 Å². The number of hydrogen-bond acceptors (Lipinski definition) is 5. The van der Waals surface area contributed by atoms with Crippen LogP contribution in [0.4, 0.5) is 26.3 Å². The second-order valence-electron chi connectivity index (χ2n) is 7.79. The van der Waals surface area contributed by atoms with Crippen molar-refractivity contribution in [1.82, 2.24) is 19.7 Å². The first kappa shape index (κ1) is 26.4. The summed E-state index contributed by atoms with van der Waals surface area (Å²) in [5.74, 6) is -1.77. The lowest BCUT2D eigenvalue weighted by Crippen LogP contribution is -2.14. The molecule has 0 saturated carbocycles. The Balaban J connectivity index is 2.00. The minimum Gasteiger partial charge on any atom is -0.481 e. The summed E-state index contributed by atoms with van der Waals surface area (Å²) in [6.45, 7) is 0. The highest BCUT2D eigenvalue weighted by atomic mass is 19.4. The predicted octanol–water partition coefficient (Wildman–Crippen LogP) is 5.54. The van der Waals surface area contributed by atoms with Gasteiger partial charge in [-0.1, -0.05) is 36.4 Å². The van der Waals surface area contributed by atoms with Gasteiger partial charge in [0.1, 0.15) is 0 Å². The molecule has 0 aliphatic heterocycles. The van der Waals surface area contributed by atoms with E-state index < -0.39 is 52.2 Å². The van der Waals surface area contributed by atoms with E-state index in [4.69, 9.17) is 10.5 Å². The molecule has 0 spiro atoms. The SMILES string of the molecule is COc1ccc(/C(=C\n2nc(-c3ccccc3C(F)(F)F)nc2-c2ccccc2C(F)(F)F)C(N)=O)cn1. The van der Waals surface area contributed by atoms with Gasteiger partial charge in [-0.25, -0.2) is 14.6 Å². The number of nitrogens with zero attached hydrogens (tertiary/aromatic N) is 4. The summed E-state index contributed by atoms with van der Waals surface area (Å²) in [4.78, 5) is 20.3. The quantitative estimate of drug-likeness (QED) is 0.260. The fourth-order valence-electron chi connectivity index (χ4n) is 3.62. The topological polar surface area (TPSA) is 95.9 Å². The molecule has 0 bridgehead atoms. The van der Waals surface area contributed by atoms with Crippen LogP contribution in [0.1, 0.15) is 16.7 Å². The second-order valence-corrected chi connectivity index (χ2v) is 7.79. The van der Waals surface area contributed by atoms with E-state index in [9.17, 15) is 31.1 Å². The van der Waals surface area contributed by atoms with Crippen molar-refractivity contribution in [2.24, 2.45) is 5.73 Å². The van der Waals surface area contributed by atoms with Crippen LogP contribution in [0.3, 0.4) is 0 Å². The Bertz CT molecular complexity index is 1510. The molecule has 0 radical (unpaired) electrons. The summed E-state index contributed by atoms with van der Waals surface area (Å²) in [5, 5.41) is 4.04. The predicted molar refractivity (Wildman–Crippen MR) is 125 cm³/mol. The van der Waals surface area contributed by atoms with Gasteiger partial charge in [0.2, 0.25) is 5.88 Å². The van der Waals surface area contributed by atoms with Gasteiger partial charge in [-0.2, -0.15) is 26.3 Å². The van der Waals surface area contributed by atoms with Crippen LogP contribution in [0, 0.1) is 0 Å². The first-order chi connectivity index (χ1) is 17.9. The molecule has 2 heterocycles. The number of halogens is 6. The fraction of sp³-hybridized carbons (Fsp3) is 0.120. The highest BCUT2D eigenvalue weighted by molar-refractivity contribution is 6.22. The molecule has 7 nitrogen and oxygen atoms in total. The molecule has 0 aliphatic carbocycles. The molecule has 38 heavy (non-hydrogen) atoms. The van der Waals surface area contributed by atoms with Gasteiger partial charge in [0.05, 0.1) is 23.8 Å². The normalized spacial score (nSPS) is 12.4. The van der Waals surface area contributed by atoms with Crippen LogP contribution in [0.5, 0.6) is 5.88 Å². The average molecular weight is 533 g/mol. The first-order valence-corrected chi connectivity index (χ1v) is 10.7. The van der Waals surface area contributed by atoms with Gasteiger partial charge in [0, 0.05) is 35.2 Å². The van der Waals surface area contributed by atoms with E-state index in [0.29, 0.717) is 0 Å². The van der Waals surface area contributed by atoms with Crippen LogP contribution in [-0.2, 0) is 17.1 Å². The molecule has 2 N–H and O–H groups in total. The van der Waals surface area contributed by atoms with E-state index in [0.717, 1.165) is 47.3 Å². The van der Waals surface area contributed by atoms with Crippen molar-refractivity contribution in [1.29, 1.82) is 0 Å². The van der Waals surface area contributed by atoms with Gasteiger partial charge in [-0.3, -0.25) is 4.79 Å². The van der Waals surface area contributed by atoms with Gasteiger partial charge in [0.25, 0.3) is 5.91 Å². The molecule has 4 rings (SSSR count). The summed E-state index contributed by atoms with van der Waals surface area (Å²) in [6.07, 6.45) is -7.40. The summed E-state index contributed by atoms with van der Waals surface area (Å²) in [7, 11) is 1.37. The number of benzene rings is 2. The lowest BCUT2D eigenvalue weighted by Gasteiger charge is -2.12. The molecule has 13 heteroatoms. The zero-order valence-corrected chi connectivity index (χ0v) is 19.4. The molecule has 0 saturated heterocycles. The number of primary amides is 1. The van der Waals surface area contributed by atoms with Gasteiger partial charge in [0.15, 0.2) is 11.6 Å². The molecule has 4 aromatic rings. The van der Waals surface area contributed by atoms with Gasteiger partial charge in [-0.05, 0) is 18.2 Å². The minimum absolute atomic E-state index is 0.154. The number of ether oxygens (including phenoxy) is 1. The molecule has 0 fully saturated rings. The van der Waals surface area contributed by atoms with E-state index in [1.54, 1.807) is 0 Å². The summed E-state index contributed by atoms with van der Waals surface area (Å²) in [5.41, 5.74) is 2.29. The first-order valence-electron chi connectivity index (χ1n) is 10.7. The number of hydrogen-bond donors (Lipinski definition) is 1. The molecule has 0 unspecified atom stereocenters. The van der Waals surface area contributed by atoms with E-state index in [1.807, 2.05) is 0 Å². The van der Waals surface area contributed by atoms with Gasteiger partial charge in [-0.15, -0.1) is 5.10 Å². The van der Waals surface area contributed by atoms with Crippen molar-refractivity contribution >= 4 is 17.7 Å². The number of carbonyl (C=O) groups is 1. The van der Waals surface area contributed by atoms with Crippen molar-refractivity contribution < 1.29 is 35.9 Å². The van der Waals surface area contributed by atoms with E-state index >= 15 is 0 Å². The number of carbonyl (C=O) groups excluding carboxylic acids is 1. The van der Waals surface area contributed by atoms with Crippen LogP contribution in [0.25, 0.3) is 34.5 Å². The third-order valence-corrected chi connectivity index (χ3v) is 5.35. The van der Waals surface area contributed by atoms with Crippen molar-refractivity contribution in [3.63, 3.8) is 0 Å². The Hall–Kier alpha value is -4.68. The number of rotatable bonds is 6. The Morgan fingerprint density at radius 1 is 0.895 bits per heavy atom. The van der Waals surface area contributed by atoms with E-state index in [1.165, 1.54) is 37.6 Å². The smallest absolute Gasteiger partial charge is 0.417 e. The maximum atomic E-state index is 13.8. The number of nitrogens with two attached hydrogens (primary N) is 1. The Morgan fingerprint density at radius 2 is 1.47 bits per heavy atom. The number of aromatic nitrogens is 4. The largest absolute Gasteiger partial charge is 0.481 e. The number of pyridine rings is 1. The molecule has 2 aromatic heterocycles. The number of methoxy groups -OCH3 is 1. The molecule has 0 atom stereocenters. The third-order valence-electron chi connectivity index (χ3n) is 5.35. The summed E-state index contributed by atoms with van der Waals surface area (Å²) in [6, 6.07) is 11.5. The van der Waals surface area contributed by atoms with Crippen LogP contribution in [0.2, 0.25) is 0 Å². The third kappa shape index (κ3) is 5.36. The minimum atomic E-state index is -4.83. The second kappa shape index (κ2) is 10.00. The summed E-state index contributed by atoms with van der Waals surface area (Å²) >= 11 is 0. The van der Waals surface area contributed by atoms with Gasteiger partial charge >= 0.3 is 12.4 Å². The van der Waals surface area contributed by atoms with Crippen LogP contribution >= 0.6 is 0 Å². The monoisotopic (exact) mass is 533 g/mol. The zero-order valence-electron chi connectivity index (χ0n) is 19.4. The molecule has 0 aliphatic rings. The number of amides is 1. The van der Waals surface area contributed by atoms with Crippen LogP contribution < -0.4 is 10.5 Å². The highest BCUT2D eigenvalue weighted by Gasteiger charge is 2.37. The van der Waals surface area contributed by atoms with Gasteiger partial charge < -0.3 is 10.5 Å². The zero-order chi connectivity index (χ0) is 27.7. The van der Waals surface area contributed by atoms with Crippen molar-refractivity contribution in [3.8, 4) is 28.7 Å². The molecule has 2 aromatic carbocycles. The number of alkyl halides is 6. The molecular weight excluding hydrogens is 516 g/mol. The molecule has 1 amide bonds. The van der Waals surface area contributed by atoms with Crippen LogP contribution in [0.15, 0.2) is 66.9 Å². The van der Waals surface area contributed by atoms with Crippen molar-refractivity contribution in [3.05, 3.63) is 83.6 Å². The Morgan fingerprint density at radius 3 is 2.00 bits per heavy atom. The lowest BCUT2D eigenvalue weighted by atomic mass is 10.1. The fourth-order valence-corrected chi connectivity index (χ4v) is 3.62. The van der Waals surface area contributed by atoms with E-state index in [-0.39, 0.29) is 17.0 Å². The van der Waals surface area contributed by atoms with Crippen molar-refractivity contribution in [2.75, 3.05) is 7.11 Å². The lowest BCUT2D eigenvalue weighted by molar-refractivity contribution is -0.137. The highest BCUT2D eigenvalue weighted by Crippen LogP contribution is 2.39. The maximum absolute atomic E-state index is 13.8. The summed E-state index contributed by atoms with van der Waals surface area (Å²) < 4.78 is 88.3. The Kier molecular flexibility index (Phi) is 6.94. The average Bonchev–Trinajstić information content (AvgIpc) is 3.30. The van der Waals surface area contributed by atoms with Crippen molar-refractivity contribution in [2.45, 2.75) is 12.4 Å².